The highest BCUT2D eigenvalue weighted by Gasteiger charge is 2.44. The second-order valence-electron chi connectivity index (χ2n) is 7.12. The maximum atomic E-state index is 12.1. The largest absolute Gasteiger partial charge is 0.357 e. The minimum Gasteiger partial charge on any atom is -0.357 e. The summed E-state index contributed by atoms with van der Waals surface area (Å²) in [5.41, 5.74) is 3.00. The van der Waals surface area contributed by atoms with Gasteiger partial charge in [0.2, 0.25) is 5.91 Å². The first-order chi connectivity index (χ1) is 12.0. The lowest BCUT2D eigenvalue weighted by Gasteiger charge is -2.08. The molecule has 0 radical (unpaired) electrons. The molecular formula is C19H21ClN4O. The van der Waals surface area contributed by atoms with Crippen molar-refractivity contribution in [3.63, 3.8) is 0 Å². The molecule has 130 valence electrons. The Morgan fingerprint density at radius 3 is 2.96 bits per heavy atom. The predicted molar refractivity (Wildman–Crippen MR) is 98.4 cm³/mol. The summed E-state index contributed by atoms with van der Waals surface area (Å²) in [5.74, 6) is 0.144. The lowest BCUT2D eigenvalue weighted by Crippen LogP contribution is -2.29. The number of hydrogen-bond acceptors (Lipinski definition) is 2. The van der Waals surface area contributed by atoms with E-state index in [0.717, 1.165) is 53.0 Å². The molecule has 1 fully saturated rings. The number of nitrogens with zero attached hydrogens (tertiary/aromatic N) is 2. The molecule has 1 amide bonds. The van der Waals surface area contributed by atoms with Gasteiger partial charge in [-0.05, 0) is 43.0 Å². The van der Waals surface area contributed by atoms with E-state index in [2.05, 4.69) is 27.4 Å². The molecule has 2 heterocycles. The quantitative estimate of drug-likeness (QED) is 0.707. The Balaban J connectivity index is 1.47. The van der Waals surface area contributed by atoms with Gasteiger partial charge in [0, 0.05) is 46.0 Å². The normalized spacial score (nSPS) is 15.4. The van der Waals surface area contributed by atoms with Crippen LogP contribution in [0.3, 0.4) is 0 Å². The Bertz CT molecular complexity index is 909. The lowest BCUT2D eigenvalue weighted by molar-refractivity contribution is -0.125. The number of hydrogen-bond donors (Lipinski definition) is 2. The molecule has 1 aliphatic rings. The fraction of sp³-hybridized carbons (Fsp3) is 0.368. The zero-order chi connectivity index (χ0) is 17.4. The Kier molecular flexibility index (Phi) is 4.04. The van der Waals surface area contributed by atoms with Gasteiger partial charge in [0.15, 0.2) is 0 Å². The molecule has 0 bridgehead atoms. The summed E-state index contributed by atoms with van der Waals surface area (Å²) in [7, 11) is 0. The number of halogens is 1. The zero-order valence-corrected chi connectivity index (χ0v) is 14.9. The number of aromatic nitrogens is 3. The van der Waals surface area contributed by atoms with Crippen LogP contribution in [0.25, 0.3) is 10.9 Å². The van der Waals surface area contributed by atoms with Crippen LogP contribution in [0.2, 0.25) is 5.02 Å². The predicted octanol–water partition coefficient (Wildman–Crippen LogP) is 3.68. The first-order valence-corrected chi connectivity index (χ1v) is 8.95. The van der Waals surface area contributed by atoms with Gasteiger partial charge in [0.05, 0.1) is 12.9 Å². The SMILES string of the molecule is CC1(C(=O)NCc2cc3cc(Cl)c(CCn4ccnc4)cc3[nH]2)CC1. The van der Waals surface area contributed by atoms with E-state index in [9.17, 15) is 4.79 Å². The molecule has 5 nitrogen and oxygen atoms in total. The van der Waals surface area contributed by atoms with Crippen molar-refractivity contribution in [3.8, 4) is 0 Å². The van der Waals surface area contributed by atoms with Crippen LogP contribution in [0, 0.1) is 5.41 Å². The van der Waals surface area contributed by atoms with Gasteiger partial charge in [-0.2, -0.15) is 0 Å². The second-order valence-corrected chi connectivity index (χ2v) is 7.53. The Labute approximate surface area is 151 Å². The molecule has 25 heavy (non-hydrogen) atoms. The number of imidazole rings is 1. The third-order valence-electron chi connectivity index (χ3n) is 5.03. The van der Waals surface area contributed by atoms with Crippen molar-refractivity contribution in [1.29, 1.82) is 0 Å². The first kappa shape index (κ1) is 16.2. The van der Waals surface area contributed by atoms with Crippen molar-refractivity contribution in [2.45, 2.75) is 39.3 Å². The maximum Gasteiger partial charge on any atom is 0.226 e. The van der Waals surface area contributed by atoms with E-state index < -0.39 is 0 Å². The van der Waals surface area contributed by atoms with Gasteiger partial charge in [-0.15, -0.1) is 0 Å². The average molecular weight is 357 g/mol. The van der Waals surface area contributed by atoms with E-state index in [1.807, 2.05) is 30.1 Å². The average Bonchev–Trinajstić information content (AvgIpc) is 3.01. The number of amides is 1. The van der Waals surface area contributed by atoms with Gasteiger partial charge < -0.3 is 14.9 Å². The van der Waals surface area contributed by atoms with Crippen molar-refractivity contribution < 1.29 is 4.79 Å². The molecule has 0 saturated heterocycles. The van der Waals surface area contributed by atoms with E-state index in [0.29, 0.717) is 6.54 Å². The van der Waals surface area contributed by atoms with Crippen LogP contribution >= 0.6 is 11.6 Å². The molecule has 0 atom stereocenters. The van der Waals surface area contributed by atoms with Crippen LogP contribution in [0.5, 0.6) is 0 Å². The summed E-state index contributed by atoms with van der Waals surface area (Å²) in [6, 6.07) is 6.14. The summed E-state index contributed by atoms with van der Waals surface area (Å²) in [6.07, 6.45) is 8.35. The number of carbonyl (C=O) groups is 1. The number of rotatable bonds is 6. The van der Waals surface area contributed by atoms with E-state index in [-0.39, 0.29) is 11.3 Å². The standard InChI is InChI=1S/C19H21ClN4O/c1-19(3-4-19)18(25)22-11-15-8-14-9-16(20)13(10-17(14)23-15)2-6-24-7-5-21-12-24/h5,7-10,12,23H,2-4,6,11H2,1H3,(H,22,25). The van der Waals surface area contributed by atoms with Crippen molar-refractivity contribution in [2.75, 3.05) is 0 Å². The van der Waals surface area contributed by atoms with Crippen LogP contribution < -0.4 is 5.32 Å². The fourth-order valence-electron chi connectivity index (χ4n) is 3.02. The van der Waals surface area contributed by atoms with Crippen LogP contribution in [0.15, 0.2) is 36.9 Å². The topological polar surface area (TPSA) is 62.7 Å². The van der Waals surface area contributed by atoms with Gasteiger partial charge in [0.1, 0.15) is 0 Å². The van der Waals surface area contributed by atoms with Crippen molar-refractivity contribution in [1.82, 2.24) is 19.9 Å². The molecule has 2 aromatic heterocycles. The Morgan fingerprint density at radius 1 is 1.40 bits per heavy atom. The monoisotopic (exact) mass is 356 g/mol. The Morgan fingerprint density at radius 2 is 2.24 bits per heavy atom. The maximum absolute atomic E-state index is 12.1. The smallest absolute Gasteiger partial charge is 0.226 e. The van der Waals surface area contributed by atoms with Crippen LogP contribution in [-0.2, 0) is 24.3 Å². The summed E-state index contributed by atoms with van der Waals surface area (Å²) in [4.78, 5) is 19.5. The van der Waals surface area contributed by atoms with Crippen molar-refractivity contribution >= 4 is 28.4 Å². The number of fused-ring (bicyclic) bond motifs is 1. The van der Waals surface area contributed by atoms with Crippen LogP contribution in [-0.4, -0.2) is 20.4 Å². The summed E-state index contributed by atoms with van der Waals surface area (Å²) in [6.45, 7) is 3.37. The minimum absolute atomic E-state index is 0.143. The molecule has 3 aromatic rings. The lowest BCUT2D eigenvalue weighted by atomic mass is 10.1. The number of aryl methyl sites for hydroxylation is 2. The van der Waals surface area contributed by atoms with E-state index in [1.54, 1.807) is 6.20 Å². The van der Waals surface area contributed by atoms with Gasteiger partial charge in [-0.1, -0.05) is 18.5 Å². The molecular weight excluding hydrogens is 336 g/mol. The number of carbonyl (C=O) groups excluding carboxylic acids is 1. The minimum atomic E-state index is -0.143. The van der Waals surface area contributed by atoms with E-state index in [4.69, 9.17) is 11.6 Å². The Hall–Kier alpha value is -2.27. The van der Waals surface area contributed by atoms with Gasteiger partial charge in [-0.3, -0.25) is 4.79 Å². The third kappa shape index (κ3) is 3.42. The van der Waals surface area contributed by atoms with E-state index in [1.165, 1.54) is 0 Å². The van der Waals surface area contributed by atoms with Crippen LogP contribution in [0.1, 0.15) is 31.0 Å². The molecule has 1 aromatic carbocycles. The molecule has 4 rings (SSSR count). The van der Waals surface area contributed by atoms with Crippen molar-refractivity contribution in [2.24, 2.45) is 5.41 Å². The number of nitrogens with one attached hydrogen (secondary N) is 2. The van der Waals surface area contributed by atoms with Gasteiger partial charge in [-0.25, -0.2) is 4.98 Å². The van der Waals surface area contributed by atoms with Crippen LogP contribution in [0.4, 0.5) is 0 Å². The number of aromatic amines is 1. The fourth-order valence-corrected chi connectivity index (χ4v) is 3.28. The number of H-pyrrole nitrogens is 1. The summed E-state index contributed by atoms with van der Waals surface area (Å²) < 4.78 is 2.04. The molecule has 6 heteroatoms. The highest BCUT2D eigenvalue weighted by atomic mass is 35.5. The molecule has 2 N–H and O–H groups in total. The molecule has 0 spiro atoms. The van der Waals surface area contributed by atoms with Gasteiger partial charge in [0.25, 0.3) is 0 Å². The molecule has 1 saturated carbocycles. The summed E-state index contributed by atoms with van der Waals surface area (Å²) in [5, 5.41) is 4.86. The van der Waals surface area contributed by atoms with Crippen molar-refractivity contribution in [3.05, 3.63) is 53.2 Å². The summed E-state index contributed by atoms with van der Waals surface area (Å²) >= 11 is 6.44. The first-order valence-electron chi connectivity index (χ1n) is 8.58. The molecule has 1 aliphatic carbocycles. The second kappa shape index (κ2) is 6.23. The highest BCUT2D eigenvalue weighted by molar-refractivity contribution is 6.32. The molecule has 0 unspecified atom stereocenters. The third-order valence-corrected chi connectivity index (χ3v) is 5.38. The van der Waals surface area contributed by atoms with E-state index >= 15 is 0 Å². The molecule has 0 aliphatic heterocycles. The number of benzene rings is 1. The highest BCUT2D eigenvalue weighted by Crippen LogP contribution is 2.45. The zero-order valence-electron chi connectivity index (χ0n) is 14.2. The van der Waals surface area contributed by atoms with Gasteiger partial charge >= 0.3 is 0 Å².